The van der Waals surface area contributed by atoms with Crippen molar-refractivity contribution in [1.29, 1.82) is 5.26 Å². The van der Waals surface area contributed by atoms with Crippen LogP contribution < -0.4 is 48.4 Å². The number of aromatic nitrogens is 5. The van der Waals surface area contributed by atoms with Gasteiger partial charge in [-0.2, -0.15) is 71.1 Å². The number of ketones is 2. The van der Waals surface area contributed by atoms with Gasteiger partial charge >= 0.3 is 36.9 Å². The van der Waals surface area contributed by atoms with Gasteiger partial charge in [0.2, 0.25) is 5.95 Å². The first kappa shape index (κ1) is 110. The lowest BCUT2D eigenvalue weighted by Gasteiger charge is -2.28. The molecule has 0 atom stereocenters. The van der Waals surface area contributed by atoms with Crippen LogP contribution in [0.3, 0.4) is 0 Å². The largest absolute Gasteiger partial charge is 0.478 e. The molecule has 138 heavy (non-hydrogen) atoms. The van der Waals surface area contributed by atoms with E-state index in [0.717, 1.165) is 80.5 Å². The lowest BCUT2D eigenvalue weighted by atomic mass is 10.0. The number of carboxylic acids is 1. The number of nitrogens with zero attached hydrogens (tertiary/aromatic N) is 10. The average molecular weight is 2010 g/mol. The van der Waals surface area contributed by atoms with Crippen LogP contribution in [0.5, 0.6) is 23.0 Å². The molecule has 0 saturated carbocycles. The SMILES string of the molecule is C1COCCN1.CC(=O)Cc1cc(Oc2ccc3nc(Nc4ccc(CN5CCOCC5)c(C(F)(F)F)c4)n(C)c3c2Cl)ccn1.CNc1c(N)ncc(Oc2ccnc(CC(C)=O)c2)c1Cl.N#CSc1ccc(CN2CCOCC2)c(C(F)(F)F)c1.Nc1ccc(C(=O)N2CCOCC2)c(C(F)(F)F)c1.Nc1ccc(C(=O)O)c(C(F)(F)F)c1.Nc1ccc(CN2CCOCC2)c(C(F)(F)F)c1. The number of aromatic carboxylic acids is 1. The number of nitrogen functional groups attached to an aromatic ring is 4. The van der Waals surface area contributed by atoms with E-state index in [2.05, 4.69) is 35.9 Å². The second-order valence-electron chi connectivity index (χ2n) is 30.9. The fraction of sp³-hybridized carbons (Fsp3) is 0.374. The molecule has 0 unspecified atom stereocenters. The zero-order valence-electron chi connectivity index (χ0n) is 74.6. The third-order valence-electron chi connectivity index (χ3n) is 20.6. The Kier molecular flexibility index (Phi) is 40.5. The van der Waals surface area contributed by atoms with E-state index in [1.165, 1.54) is 55.3 Å². The third-order valence-corrected chi connectivity index (χ3v) is 21.9. The minimum Gasteiger partial charge on any atom is -0.478 e. The average Bonchev–Trinajstić information content (AvgIpc) is 1.62. The summed E-state index contributed by atoms with van der Waals surface area (Å²) in [5.74, 6) is 0.0651. The molecule has 47 heteroatoms. The summed E-state index contributed by atoms with van der Waals surface area (Å²) in [7, 11) is 3.41. The molecule has 29 nitrogen and oxygen atoms in total. The van der Waals surface area contributed by atoms with Crippen LogP contribution in [0.4, 0.5) is 106 Å². The Balaban J connectivity index is 0.000000190. The summed E-state index contributed by atoms with van der Waals surface area (Å²) >= 11 is 13.6. The number of carbonyl (C=O) groups is 4. The van der Waals surface area contributed by atoms with E-state index in [1.807, 2.05) is 14.7 Å². The normalized spacial score (nSPS) is 15.0. The standard InChI is InChI=1S/C28H27ClF3N5O3.C14H15ClN4O2.C13H13F3N2OS.C12H13F3N2O2.C12H15F3N2O.C8H6F3NO2.C4H9NO/c1-17(38)13-20-14-21(7-8-33-20)40-24-6-5-23-26(25(24)29)36(2)27(35-23)34-19-4-3-18(22(15-19)28(30,31)32)16-37-9-11-39-12-10-37;1-8(20)5-9-6-10(3-4-18-9)21-11-7-19-14(16)13(17-2)12(11)15;14-13(15,16)12-7-11(20-9-17)2-1-10(12)8-18-3-5-19-6-4-18;13-12(14,15)10-7-8(16)1-2-9(10)11(18)17-3-5-19-6-4-17;13-12(14,15)11-7-10(16)2-1-9(11)8-17-3-5-18-6-4-17;9-8(10,11)6-3-4(12)1-2-5(6)7(13)14;1-3-6-4-2-5-1/h3-8,14-15H,9-13,16H2,1-2H3,(H,34,35);3-4,6-7,17H,5H2,1-2H3,(H2,16,19);1-2,7H,3-6,8H2;1-2,7H,3-6,16H2;1-2,7H,3-6,8,16H2;1-3H,12H2,(H,13,14);5H,1-4H2. The number of morpholine rings is 5. The number of amides is 1. The van der Waals surface area contributed by atoms with Crippen molar-refractivity contribution in [3.63, 3.8) is 0 Å². The van der Waals surface area contributed by atoms with Crippen LogP contribution in [0.2, 0.25) is 10.0 Å². The number of anilines is 7. The van der Waals surface area contributed by atoms with Crippen LogP contribution in [-0.2, 0) is 104 Å². The minimum atomic E-state index is -4.71. The molecule has 9 heterocycles. The first-order valence-electron chi connectivity index (χ1n) is 42.2. The molecule has 1 amide bonds. The summed E-state index contributed by atoms with van der Waals surface area (Å²) < 4.78 is 234. The van der Waals surface area contributed by atoms with Crippen molar-refractivity contribution < 1.29 is 123 Å². The van der Waals surface area contributed by atoms with Crippen molar-refractivity contribution in [2.45, 2.75) is 82.1 Å². The van der Waals surface area contributed by atoms with E-state index >= 15 is 0 Å². The van der Waals surface area contributed by atoms with Gasteiger partial charge in [0, 0.05) is 164 Å². The maximum Gasteiger partial charge on any atom is 0.417 e. The van der Waals surface area contributed by atoms with Crippen LogP contribution in [0, 0.1) is 10.7 Å². The molecule has 5 aliphatic heterocycles. The number of carboxylic acid groups (broad SMARTS) is 1. The Morgan fingerprint density at radius 2 is 0.920 bits per heavy atom. The van der Waals surface area contributed by atoms with Crippen LogP contribution in [0.1, 0.15) is 90.5 Å². The molecule has 744 valence electrons. The first-order valence-corrected chi connectivity index (χ1v) is 43.8. The maximum absolute atomic E-state index is 14.0. The van der Waals surface area contributed by atoms with Gasteiger partial charge in [0.25, 0.3) is 5.91 Å². The molecule has 6 aromatic carbocycles. The van der Waals surface area contributed by atoms with Crippen molar-refractivity contribution in [3.8, 4) is 28.4 Å². The number of thioether (sulfide) groups is 1. The molecule has 5 saturated heterocycles. The fourth-order valence-electron chi connectivity index (χ4n) is 13.9. The van der Waals surface area contributed by atoms with Crippen molar-refractivity contribution in [1.82, 2.24) is 49.4 Å². The number of aryl methyl sites for hydroxylation is 1. The molecule has 0 bridgehead atoms. The number of hydrogen-bond donors (Lipinski definition) is 8. The van der Waals surface area contributed by atoms with E-state index in [1.54, 1.807) is 85.0 Å². The van der Waals surface area contributed by atoms with Crippen LogP contribution in [-0.4, -0.2) is 211 Å². The number of pyridine rings is 3. The number of halogens is 17. The topological polar surface area (TPSA) is 387 Å². The summed E-state index contributed by atoms with van der Waals surface area (Å²) in [5.41, 5.74) is 20.0. The van der Waals surface area contributed by atoms with Crippen molar-refractivity contribution in [2.24, 2.45) is 7.05 Å². The number of nitrogens with one attached hydrogen (secondary N) is 3. The first-order chi connectivity index (χ1) is 65.3. The number of ether oxygens (including phenoxy) is 7. The molecule has 0 spiro atoms. The second-order valence-corrected chi connectivity index (χ2v) is 32.5. The quantitative estimate of drug-likeness (QED) is 0.0152. The van der Waals surface area contributed by atoms with E-state index in [-0.39, 0.29) is 94.1 Å². The predicted octanol–water partition coefficient (Wildman–Crippen LogP) is 17.4. The number of rotatable bonds is 20. The Morgan fingerprint density at radius 1 is 0.507 bits per heavy atom. The van der Waals surface area contributed by atoms with E-state index < -0.39 is 76.1 Å². The lowest BCUT2D eigenvalue weighted by molar-refractivity contribution is -0.139. The summed E-state index contributed by atoms with van der Waals surface area (Å²) in [6, 6.07) is 28.0. The Hall–Kier alpha value is -12.1. The van der Waals surface area contributed by atoms with Crippen molar-refractivity contribution >= 4 is 110 Å². The van der Waals surface area contributed by atoms with Crippen LogP contribution >= 0.6 is 35.0 Å². The number of hydrogen-bond acceptors (Lipinski definition) is 27. The van der Waals surface area contributed by atoms with Gasteiger partial charge in [-0.1, -0.05) is 41.4 Å². The van der Waals surface area contributed by atoms with Gasteiger partial charge in [0.15, 0.2) is 5.75 Å². The van der Waals surface area contributed by atoms with Gasteiger partial charge in [-0.15, -0.1) is 0 Å². The van der Waals surface area contributed by atoms with Gasteiger partial charge in [0.05, 0.1) is 139 Å². The number of thiocyanates is 1. The van der Waals surface area contributed by atoms with Crippen LogP contribution in [0.25, 0.3) is 11.0 Å². The maximum atomic E-state index is 14.0. The molecule has 10 aromatic rings. The predicted molar refractivity (Wildman–Crippen MR) is 487 cm³/mol. The molecular formula is C91H98Cl2F15N17O12S. The molecule has 5 aliphatic rings. The number of carbonyl (C=O) groups excluding carboxylic acids is 3. The number of nitriles is 1. The van der Waals surface area contributed by atoms with E-state index in [0.29, 0.717) is 184 Å². The lowest BCUT2D eigenvalue weighted by Crippen LogP contribution is -2.41. The second kappa shape index (κ2) is 51.0. The van der Waals surface area contributed by atoms with Gasteiger partial charge in [-0.25, -0.2) is 14.8 Å². The smallest absolute Gasteiger partial charge is 0.417 e. The van der Waals surface area contributed by atoms with Crippen molar-refractivity contribution in [3.05, 3.63) is 223 Å². The summed E-state index contributed by atoms with van der Waals surface area (Å²) in [4.78, 5) is 69.4. The number of imidazole rings is 1. The zero-order valence-corrected chi connectivity index (χ0v) is 76.9. The highest BCUT2D eigenvalue weighted by Crippen LogP contribution is 2.43. The van der Waals surface area contributed by atoms with E-state index in [4.69, 9.17) is 89.7 Å². The number of Topliss-reactive ketones (excluding diaryl/α,β-unsaturated/α-hetero) is 2. The third kappa shape index (κ3) is 33.6. The van der Waals surface area contributed by atoms with Gasteiger partial charge in [-0.05, 0) is 139 Å². The summed E-state index contributed by atoms with van der Waals surface area (Å²) in [6.45, 7) is 15.8. The highest BCUT2D eigenvalue weighted by Gasteiger charge is 2.40. The highest BCUT2D eigenvalue weighted by atomic mass is 35.5. The molecule has 5 fully saturated rings. The fourth-order valence-corrected chi connectivity index (χ4v) is 14.9. The number of benzene rings is 6. The molecule has 4 aromatic heterocycles. The summed E-state index contributed by atoms with van der Waals surface area (Å²) in [6.07, 6.45) is -17.6. The summed E-state index contributed by atoms with van der Waals surface area (Å²) in [5, 5.41) is 28.5. The monoisotopic (exact) mass is 2010 g/mol. The number of nitrogens with two attached hydrogens (primary N) is 4. The minimum absolute atomic E-state index is 0.0203. The molecule has 0 radical (unpaired) electrons. The van der Waals surface area contributed by atoms with Crippen molar-refractivity contribution in [2.75, 3.05) is 172 Å². The van der Waals surface area contributed by atoms with Gasteiger partial charge in [0.1, 0.15) is 50.1 Å². The van der Waals surface area contributed by atoms with Crippen LogP contribution in [0.15, 0.2) is 151 Å². The van der Waals surface area contributed by atoms with Gasteiger partial charge < -0.3 is 86.6 Å². The Morgan fingerprint density at radius 3 is 1.36 bits per heavy atom. The van der Waals surface area contributed by atoms with E-state index in [9.17, 15) is 85.0 Å². The molecule has 0 aliphatic carbocycles. The zero-order chi connectivity index (χ0) is 101. The molecule has 12 N–H and O–H groups in total. The molecular weight excluding hydrogens is 1910 g/mol. The Bertz CT molecular complexity index is 5800. The molecule has 15 rings (SSSR count). The van der Waals surface area contributed by atoms with Gasteiger partial charge in [-0.3, -0.25) is 39.1 Å². The number of alkyl halides is 15. The highest BCUT2D eigenvalue weighted by molar-refractivity contribution is 8.03. The number of fused-ring (bicyclic) bond motifs is 1. The Labute approximate surface area is 796 Å².